The summed E-state index contributed by atoms with van der Waals surface area (Å²) in [5.74, 6) is 0.419. The number of nitrogens with two attached hydrogens (primary N) is 1. The van der Waals surface area contributed by atoms with E-state index in [9.17, 15) is 4.79 Å². The van der Waals surface area contributed by atoms with Crippen molar-refractivity contribution in [2.24, 2.45) is 5.73 Å². The van der Waals surface area contributed by atoms with E-state index in [0.717, 1.165) is 24.3 Å². The van der Waals surface area contributed by atoms with Gasteiger partial charge in [-0.1, -0.05) is 38.8 Å². The highest BCUT2D eigenvalue weighted by molar-refractivity contribution is 5.88. The van der Waals surface area contributed by atoms with Crippen LogP contribution in [0.1, 0.15) is 39.5 Å². The first-order chi connectivity index (χ1) is 9.09. The predicted octanol–water partition coefficient (Wildman–Crippen LogP) is 2.93. The molecule has 0 bridgehead atoms. The zero-order valence-corrected chi connectivity index (χ0v) is 12.0. The second-order valence-electron chi connectivity index (χ2n) is 4.77. The maximum absolute atomic E-state index is 11.9. The summed E-state index contributed by atoms with van der Waals surface area (Å²) in [7, 11) is 1.62. The van der Waals surface area contributed by atoms with E-state index in [4.69, 9.17) is 10.5 Å². The fourth-order valence-corrected chi connectivity index (χ4v) is 2.42. The van der Waals surface area contributed by atoms with Crippen LogP contribution in [0.2, 0.25) is 0 Å². The molecule has 0 aliphatic carbocycles. The molecule has 1 rings (SSSR count). The zero-order chi connectivity index (χ0) is 14.3. The Morgan fingerprint density at radius 1 is 1.26 bits per heavy atom. The van der Waals surface area contributed by atoms with Crippen LogP contribution in [0.15, 0.2) is 24.3 Å². The van der Waals surface area contributed by atoms with Crippen LogP contribution in [0.25, 0.3) is 0 Å². The molecule has 0 unspecified atom stereocenters. The van der Waals surface area contributed by atoms with Crippen LogP contribution in [0.3, 0.4) is 0 Å². The van der Waals surface area contributed by atoms with Crippen LogP contribution in [-0.2, 0) is 4.79 Å². The summed E-state index contributed by atoms with van der Waals surface area (Å²) >= 11 is 0. The monoisotopic (exact) mass is 264 g/mol. The van der Waals surface area contributed by atoms with Crippen LogP contribution in [0.5, 0.6) is 5.75 Å². The van der Waals surface area contributed by atoms with Gasteiger partial charge in [-0.3, -0.25) is 4.79 Å². The number of amides is 1. The van der Waals surface area contributed by atoms with Crippen molar-refractivity contribution in [1.82, 2.24) is 0 Å². The highest BCUT2D eigenvalue weighted by Crippen LogP contribution is 2.31. The van der Waals surface area contributed by atoms with Crippen molar-refractivity contribution in [3.63, 3.8) is 0 Å². The highest BCUT2D eigenvalue weighted by atomic mass is 16.5. The number of carbonyl (C=O) groups excluding carboxylic acids is 1. The van der Waals surface area contributed by atoms with E-state index in [1.165, 1.54) is 0 Å². The Balaban J connectivity index is 3.08. The SMILES string of the molecule is CCCC(CCC)(Nc1ccccc1OC)C(N)=O. The van der Waals surface area contributed by atoms with Crippen molar-refractivity contribution >= 4 is 11.6 Å². The van der Waals surface area contributed by atoms with E-state index in [2.05, 4.69) is 19.2 Å². The molecule has 0 radical (unpaired) electrons. The third-order valence-corrected chi connectivity index (χ3v) is 3.31. The maximum Gasteiger partial charge on any atom is 0.243 e. The molecular weight excluding hydrogens is 240 g/mol. The molecule has 4 heteroatoms. The molecule has 0 aliphatic heterocycles. The van der Waals surface area contributed by atoms with Crippen LogP contribution >= 0.6 is 0 Å². The van der Waals surface area contributed by atoms with E-state index < -0.39 is 5.54 Å². The topological polar surface area (TPSA) is 64.3 Å². The molecule has 0 atom stereocenters. The van der Waals surface area contributed by atoms with Gasteiger partial charge < -0.3 is 15.8 Å². The maximum atomic E-state index is 11.9. The molecule has 3 N–H and O–H groups in total. The number of nitrogens with one attached hydrogen (secondary N) is 1. The van der Waals surface area contributed by atoms with Gasteiger partial charge in [0.15, 0.2) is 0 Å². The van der Waals surface area contributed by atoms with E-state index in [-0.39, 0.29) is 5.91 Å². The molecule has 0 heterocycles. The Labute approximate surface area is 115 Å². The van der Waals surface area contributed by atoms with Crippen LogP contribution in [0.4, 0.5) is 5.69 Å². The third-order valence-electron chi connectivity index (χ3n) is 3.31. The normalized spacial score (nSPS) is 11.1. The van der Waals surface area contributed by atoms with Crippen molar-refractivity contribution in [2.75, 3.05) is 12.4 Å². The standard InChI is InChI=1S/C15H24N2O2/c1-4-10-15(11-5-2,14(16)18)17-12-8-6-7-9-13(12)19-3/h6-9,17H,4-5,10-11H2,1-3H3,(H2,16,18). The molecule has 1 aromatic rings. The van der Waals surface area contributed by atoms with Gasteiger partial charge in [-0.15, -0.1) is 0 Å². The van der Waals surface area contributed by atoms with E-state index in [0.29, 0.717) is 12.8 Å². The van der Waals surface area contributed by atoms with Crippen LogP contribution < -0.4 is 15.8 Å². The number of primary amides is 1. The number of rotatable bonds is 8. The minimum Gasteiger partial charge on any atom is -0.495 e. The number of carbonyl (C=O) groups is 1. The lowest BCUT2D eigenvalue weighted by Crippen LogP contribution is -2.50. The first kappa shape index (κ1) is 15.3. The number of methoxy groups -OCH3 is 1. The summed E-state index contributed by atoms with van der Waals surface area (Å²) in [5.41, 5.74) is 5.76. The van der Waals surface area contributed by atoms with E-state index in [1.807, 2.05) is 24.3 Å². The molecule has 1 amide bonds. The molecule has 4 nitrogen and oxygen atoms in total. The lowest BCUT2D eigenvalue weighted by atomic mass is 9.87. The Kier molecular flexibility index (Phi) is 5.67. The summed E-state index contributed by atoms with van der Waals surface area (Å²) in [5, 5.41) is 3.31. The van der Waals surface area contributed by atoms with E-state index in [1.54, 1.807) is 7.11 Å². The van der Waals surface area contributed by atoms with E-state index >= 15 is 0 Å². The number of para-hydroxylation sites is 2. The first-order valence-corrected chi connectivity index (χ1v) is 6.80. The molecule has 0 aromatic heterocycles. The van der Waals surface area contributed by atoms with Crippen LogP contribution in [-0.4, -0.2) is 18.6 Å². The molecule has 0 spiro atoms. The molecular formula is C15H24N2O2. The zero-order valence-electron chi connectivity index (χ0n) is 12.0. The van der Waals surface area contributed by atoms with Gasteiger partial charge in [-0.2, -0.15) is 0 Å². The first-order valence-electron chi connectivity index (χ1n) is 6.80. The number of benzene rings is 1. The van der Waals surface area contributed by atoms with Gasteiger partial charge >= 0.3 is 0 Å². The van der Waals surface area contributed by atoms with Crippen molar-refractivity contribution in [3.05, 3.63) is 24.3 Å². The summed E-state index contributed by atoms with van der Waals surface area (Å²) in [6.45, 7) is 4.11. The van der Waals surface area contributed by atoms with Crippen molar-refractivity contribution in [1.29, 1.82) is 0 Å². The summed E-state index contributed by atoms with van der Waals surface area (Å²) in [6, 6.07) is 7.58. The van der Waals surface area contributed by atoms with Crippen molar-refractivity contribution < 1.29 is 9.53 Å². The van der Waals surface area contributed by atoms with Gasteiger partial charge in [0, 0.05) is 0 Å². The average molecular weight is 264 g/mol. The summed E-state index contributed by atoms with van der Waals surface area (Å²) in [4.78, 5) is 11.9. The molecule has 0 saturated heterocycles. The van der Waals surface area contributed by atoms with Gasteiger partial charge in [0.25, 0.3) is 0 Å². The minimum atomic E-state index is -0.696. The van der Waals surface area contributed by atoms with Gasteiger partial charge in [0.1, 0.15) is 11.3 Å². The van der Waals surface area contributed by atoms with Crippen molar-refractivity contribution in [3.8, 4) is 5.75 Å². The lowest BCUT2D eigenvalue weighted by molar-refractivity contribution is -0.122. The van der Waals surface area contributed by atoms with Gasteiger partial charge in [0.05, 0.1) is 12.8 Å². The lowest BCUT2D eigenvalue weighted by Gasteiger charge is -2.33. The summed E-state index contributed by atoms with van der Waals surface area (Å²) < 4.78 is 5.31. The number of anilines is 1. The number of ether oxygens (including phenoxy) is 1. The predicted molar refractivity (Wildman–Crippen MR) is 78.4 cm³/mol. The minimum absolute atomic E-state index is 0.304. The Morgan fingerprint density at radius 3 is 2.32 bits per heavy atom. The average Bonchev–Trinajstić information content (AvgIpc) is 2.39. The molecule has 1 aromatic carbocycles. The summed E-state index contributed by atoms with van der Waals surface area (Å²) in [6.07, 6.45) is 3.22. The Hall–Kier alpha value is -1.71. The number of hydrogen-bond acceptors (Lipinski definition) is 3. The fraction of sp³-hybridized carbons (Fsp3) is 0.533. The highest BCUT2D eigenvalue weighted by Gasteiger charge is 2.35. The molecule has 0 aliphatic rings. The number of hydrogen-bond donors (Lipinski definition) is 2. The third kappa shape index (κ3) is 3.63. The smallest absolute Gasteiger partial charge is 0.243 e. The Morgan fingerprint density at radius 2 is 1.84 bits per heavy atom. The van der Waals surface area contributed by atoms with Gasteiger partial charge in [0.2, 0.25) is 5.91 Å². The molecule has 106 valence electrons. The molecule has 19 heavy (non-hydrogen) atoms. The van der Waals surface area contributed by atoms with Gasteiger partial charge in [-0.05, 0) is 25.0 Å². The second-order valence-corrected chi connectivity index (χ2v) is 4.77. The molecule has 0 fully saturated rings. The molecule has 0 saturated carbocycles. The largest absolute Gasteiger partial charge is 0.495 e. The van der Waals surface area contributed by atoms with Crippen LogP contribution in [0, 0.1) is 0 Å². The van der Waals surface area contributed by atoms with Gasteiger partial charge in [-0.25, -0.2) is 0 Å². The fourth-order valence-electron chi connectivity index (χ4n) is 2.42. The quantitative estimate of drug-likeness (QED) is 0.758. The van der Waals surface area contributed by atoms with Crippen molar-refractivity contribution in [2.45, 2.75) is 45.1 Å². The Bertz CT molecular complexity index is 412. The second kappa shape index (κ2) is 7.02.